The van der Waals surface area contributed by atoms with Crippen LogP contribution in [0.15, 0.2) is 53.7 Å². The van der Waals surface area contributed by atoms with E-state index in [1.54, 1.807) is 11.8 Å². The highest BCUT2D eigenvalue weighted by molar-refractivity contribution is 7.89. The number of carbonyl (C=O) groups excluding carboxylic acids is 1. The molecule has 2 aromatic heterocycles. The molecule has 0 atom stereocenters. The van der Waals surface area contributed by atoms with E-state index in [2.05, 4.69) is 4.98 Å². The number of carbonyl (C=O) groups is 1. The van der Waals surface area contributed by atoms with E-state index < -0.39 is 15.8 Å². The molecule has 29 heavy (non-hydrogen) atoms. The van der Waals surface area contributed by atoms with Gasteiger partial charge in [0.05, 0.1) is 10.6 Å². The zero-order chi connectivity index (χ0) is 20.6. The Labute approximate surface area is 172 Å². The highest BCUT2D eigenvalue weighted by atomic mass is 32.2. The second-order valence-corrected chi connectivity index (χ2v) is 9.57. The number of nitrogens with zero attached hydrogens (tertiary/aromatic N) is 4. The molecule has 1 aromatic carbocycles. The minimum Gasteiger partial charge on any atom is -0.335 e. The van der Waals surface area contributed by atoms with Crippen molar-refractivity contribution in [2.24, 2.45) is 0 Å². The highest BCUT2D eigenvalue weighted by Gasteiger charge is 2.31. The molecule has 3 aromatic rings. The first-order chi connectivity index (χ1) is 13.9. The zero-order valence-corrected chi connectivity index (χ0v) is 17.3. The van der Waals surface area contributed by atoms with Crippen molar-refractivity contribution in [2.75, 3.05) is 26.2 Å². The first-order valence-corrected chi connectivity index (χ1v) is 11.3. The number of sulfonamides is 1. The van der Waals surface area contributed by atoms with Crippen molar-refractivity contribution in [1.29, 1.82) is 0 Å². The van der Waals surface area contributed by atoms with Gasteiger partial charge in [0, 0.05) is 38.6 Å². The molecule has 0 spiro atoms. The van der Waals surface area contributed by atoms with Crippen LogP contribution in [0.25, 0.3) is 5.13 Å². The van der Waals surface area contributed by atoms with Gasteiger partial charge in [-0.25, -0.2) is 17.8 Å². The molecule has 1 aliphatic rings. The summed E-state index contributed by atoms with van der Waals surface area (Å²) in [5.74, 6) is -0.629. The normalized spacial score (nSPS) is 15.6. The molecule has 0 N–H and O–H groups in total. The molecule has 1 aliphatic heterocycles. The quantitative estimate of drug-likeness (QED) is 0.632. The summed E-state index contributed by atoms with van der Waals surface area (Å²) in [4.78, 5) is 19.7. The lowest BCUT2D eigenvalue weighted by Gasteiger charge is -2.33. The molecule has 1 amide bonds. The Hall–Kier alpha value is -2.56. The third kappa shape index (κ3) is 3.83. The van der Waals surface area contributed by atoms with E-state index in [4.69, 9.17) is 0 Å². The van der Waals surface area contributed by atoms with Gasteiger partial charge < -0.3 is 9.47 Å². The maximum Gasteiger partial charge on any atom is 0.266 e. The lowest BCUT2D eigenvalue weighted by Crippen LogP contribution is -2.50. The molecule has 1 saturated heterocycles. The van der Waals surface area contributed by atoms with E-state index in [0.29, 0.717) is 15.7 Å². The molecule has 1 fully saturated rings. The number of halogens is 1. The fourth-order valence-electron chi connectivity index (χ4n) is 3.18. The van der Waals surface area contributed by atoms with Crippen LogP contribution in [-0.2, 0) is 10.0 Å². The number of hydrogen-bond acceptors (Lipinski definition) is 5. The molecule has 152 valence electrons. The number of hydrogen-bond donors (Lipinski definition) is 0. The summed E-state index contributed by atoms with van der Waals surface area (Å²) >= 11 is 1.32. The minimum atomic E-state index is -3.71. The van der Waals surface area contributed by atoms with Crippen molar-refractivity contribution in [3.05, 3.63) is 65.2 Å². The van der Waals surface area contributed by atoms with Gasteiger partial charge in [-0.15, -0.1) is 0 Å². The Morgan fingerprint density at radius 3 is 2.31 bits per heavy atom. The smallest absolute Gasteiger partial charge is 0.266 e. The number of benzene rings is 1. The average molecular weight is 435 g/mol. The summed E-state index contributed by atoms with van der Waals surface area (Å²) in [6, 6.07) is 8.54. The number of aromatic nitrogens is 2. The molecule has 0 aliphatic carbocycles. The summed E-state index contributed by atoms with van der Waals surface area (Å²) in [6.45, 7) is 2.75. The van der Waals surface area contributed by atoms with Gasteiger partial charge in [0.25, 0.3) is 5.91 Å². The molecular weight excluding hydrogens is 415 g/mol. The standard InChI is InChI=1S/C19H19FN4O3S2/c1-14-17(28-19(21-14)23-8-2-3-9-23)18(25)22-10-12-24(13-11-22)29(26,27)16-6-4-15(20)5-7-16/h2-9H,10-13H2,1H3. The van der Waals surface area contributed by atoms with E-state index in [0.717, 1.165) is 12.1 Å². The maximum atomic E-state index is 13.1. The first kappa shape index (κ1) is 19.7. The van der Waals surface area contributed by atoms with Crippen LogP contribution in [0.2, 0.25) is 0 Å². The minimum absolute atomic E-state index is 0.0494. The van der Waals surface area contributed by atoms with Crippen LogP contribution in [0.1, 0.15) is 15.4 Å². The van der Waals surface area contributed by atoms with Crippen LogP contribution in [0.4, 0.5) is 4.39 Å². The van der Waals surface area contributed by atoms with Gasteiger partial charge in [0.15, 0.2) is 5.13 Å². The number of piperazine rings is 1. The number of rotatable bonds is 4. The van der Waals surface area contributed by atoms with Gasteiger partial charge in [-0.1, -0.05) is 11.3 Å². The molecule has 0 saturated carbocycles. The number of thiazole rings is 1. The van der Waals surface area contributed by atoms with E-state index in [1.807, 2.05) is 29.1 Å². The van der Waals surface area contributed by atoms with Gasteiger partial charge in [0.1, 0.15) is 10.7 Å². The summed E-state index contributed by atoms with van der Waals surface area (Å²) in [5.41, 5.74) is 0.657. The SMILES string of the molecule is Cc1nc(-n2cccc2)sc1C(=O)N1CCN(S(=O)(=O)c2ccc(F)cc2)CC1. The van der Waals surface area contributed by atoms with Gasteiger partial charge in [0.2, 0.25) is 10.0 Å². The average Bonchev–Trinajstić information content (AvgIpc) is 3.37. The Bertz CT molecular complexity index is 1120. The zero-order valence-electron chi connectivity index (χ0n) is 15.7. The molecule has 0 radical (unpaired) electrons. The van der Waals surface area contributed by atoms with Crippen LogP contribution in [0.5, 0.6) is 0 Å². The van der Waals surface area contributed by atoms with Crippen LogP contribution in [-0.4, -0.2) is 59.3 Å². The number of aryl methyl sites for hydroxylation is 1. The molecule has 3 heterocycles. The van der Waals surface area contributed by atoms with Gasteiger partial charge in [-0.05, 0) is 43.3 Å². The second-order valence-electron chi connectivity index (χ2n) is 6.65. The third-order valence-corrected chi connectivity index (χ3v) is 7.85. The molecule has 0 unspecified atom stereocenters. The Kier molecular flexibility index (Phi) is 5.24. The molecule has 0 bridgehead atoms. The molecule has 4 rings (SSSR count). The van der Waals surface area contributed by atoms with Crippen molar-refractivity contribution in [3.63, 3.8) is 0 Å². The van der Waals surface area contributed by atoms with Crippen LogP contribution in [0, 0.1) is 12.7 Å². The van der Waals surface area contributed by atoms with E-state index in [9.17, 15) is 17.6 Å². The first-order valence-electron chi connectivity index (χ1n) is 9.02. The Balaban J connectivity index is 1.46. The molecular formula is C19H19FN4O3S2. The monoisotopic (exact) mass is 434 g/mol. The van der Waals surface area contributed by atoms with Crippen molar-refractivity contribution in [3.8, 4) is 5.13 Å². The van der Waals surface area contributed by atoms with Crippen molar-refractivity contribution in [2.45, 2.75) is 11.8 Å². The van der Waals surface area contributed by atoms with Crippen LogP contribution >= 0.6 is 11.3 Å². The lowest BCUT2D eigenvalue weighted by molar-refractivity contribution is 0.0702. The van der Waals surface area contributed by atoms with Crippen molar-refractivity contribution >= 4 is 27.3 Å². The molecule has 10 heteroatoms. The summed E-state index contributed by atoms with van der Waals surface area (Å²) in [6.07, 6.45) is 3.73. The van der Waals surface area contributed by atoms with Gasteiger partial charge >= 0.3 is 0 Å². The van der Waals surface area contributed by atoms with Gasteiger partial charge in [-0.2, -0.15) is 4.31 Å². The van der Waals surface area contributed by atoms with Crippen LogP contribution in [0.3, 0.4) is 0 Å². The maximum absolute atomic E-state index is 13.1. The Morgan fingerprint density at radius 2 is 1.69 bits per heavy atom. The fourth-order valence-corrected chi connectivity index (χ4v) is 5.61. The van der Waals surface area contributed by atoms with Crippen LogP contribution < -0.4 is 0 Å². The summed E-state index contributed by atoms with van der Waals surface area (Å²) in [5, 5.41) is 0.716. The largest absolute Gasteiger partial charge is 0.335 e. The van der Waals surface area contributed by atoms with Gasteiger partial charge in [-0.3, -0.25) is 4.79 Å². The predicted molar refractivity (Wildman–Crippen MR) is 107 cm³/mol. The Morgan fingerprint density at radius 1 is 1.07 bits per heavy atom. The third-order valence-electron chi connectivity index (χ3n) is 4.78. The number of amides is 1. The molecule has 7 nitrogen and oxygen atoms in total. The van der Waals surface area contributed by atoms with Crippen molar-refractivity contribution in [1.82, 2.24) is 18.8 Å². The van der Waals surface area contributed by atoms with E-state index in [-0.39, 0.29) is 37.0 Å². The van der Waals surface area contributed by atoms with E-state index >= 15 is 0 Å². The van der Waals surface area contributed by atoms with E-state index in [1.165, 1.54) is 27.8 Å². The highest BCUT2D eigenvalue weighted by Crippen LogP contribution is 2.25. The summed E-state index contributed by atoms with van der Waals surface area (Å²) in [7, 11) is -3.71. The second kappa shape index (κ2) is 7.69. The topological polar surface area (TPSA) is 75.5 Å². The lowest BCUT2D eigenvalue weighted by atomic mass is 10.3. The van der Waals surface area contributed by atoms with Crippen molar-refractivity contribution < 1.29 is 17.6 Å². The predicted octanol–water partition coefficient (Wildman–Crippen LogP) is 2.53. The summed E-state index contributed by atoms with van der Waals surface area (Å²) < 4.78 is 41.7. The fraction of sp³-hybridized carbons (Fsp3) is 0.263.